The maximum Gasteiger partial charge on any atom is 0.387 e. The molecule has 1 amide bonds. The number of nitrogens with zero attached hydrogens (tertiary/aromatic N) is 3. The highest BCUT2D eigenvalue weighted by Crippen LogP contribution is 2.24. The van der Waals surface area contributed by atoms with Gasteiger partial charge in [-0.15, -0.1) is 0 Å². The van der Waals surface area contributed by atoms with Crippen LogP contribution < -0.4 is 10.1 Å². The fraction of sp³-hybridized carbons (Fsp3) is 0.409. The SMILES string of the molecule is CC(C)c1cc(C(=O)NCCc2ccc(OC(F)F)cc2)c2cnn(C(C)C)c2n1. The van der Waals surface area contributed by atoms with Gasteiger partial charge in [0.15, 0.2) is 5.65 Å². The maximum absolute atomic E-state index is 12.9. The molecule has 2 heterocycles. The van der Waals surface area contributed by atoms with Gasteiger partial charge in [0.05, 0.1) is 17.1 Å². The van der Waals surface area contributed by atoms with Gasteiger partial charge in [-0.3, -0.25) is 4.79 Å². The smallest absolute Gasteiger partial charge is 0.387 e. The Morgan fingerprint density at radius 1 is 1.17 bits per heavy atom. The van der Waals surface area contributed by atoms with Crippen molar-refractivity contribution in [2.24, 2.45) is 0 Å². The van der Waals surface area contributed by atoms with E-state index >= 15 is 0 Å². The summed E-state index contributed by atoms with van der Waals surface area (Å²) in [7, 11) is 0. The molecule has 3 aromatic rings. The minimum absolute atomic E-state index is 0.111. The Morgan fingerprint density at radius 2 is 1.87 bits per heavy atom. The summed E-state index contributed by atoms with van der Waals surface area (Å²) in [5.41, 5.74) is 3.00. The summed E-state index contributed by atoms with van der Waals surface area (Å²) in [4.78, 5) is 17.6. The largest absolute Gasteiger partial charge is 0.435 e. The van der Waals surface area contributed by atoms with Crippen LogP contribution in [-0.4, -0.2) is 33.8 Å². The number of halogens is 2. The van der Waals surface area contributed by atoms with E-state index in [4.69, 9.17) is 4.98 Å². The molecule has 30 heavy (non-hydrogen) atoms. The predicted molar refractivity (Wildman–Crippen MR) is 111 cm³/mol. The number of pyridine rings is 1. The molecule has 0 saturated heterocycles. The van der Waals surface area contributed by atoms with E-state index in [1.807, 2.05) is 38.4 Å². The van der Waals surface area contributed by atoms with Crippen molar-refractivity contribution in [1.82, 2.24) is 20.1 Å². The number of ether oxygens (including phenoxy) is 1. The zero-order valence-electron chi connectivity index (χ0n) is 17.5. The second-order valence-corrected chi connectivity index (χ2v) is 7.70. The molecule has 0 fully saturated rings. The average molecular weight is 416 g/mol. The van der Waals surface area contributed by atoms with Crippen LogP contribution in [0.3, 0.4) is 0 Å². The van der Waals surface area contributed by atoms with Gasteiger partial charge < -0.3 is 10.1 Å². The van der Waals surface area contributed by atoms with Gasteiger partial charge in [0.1, 0.15) is 5.75 Å². The fourth-order valence-electron chi connectivity index (χ4n) is 3.15. The number of hydrogen-bond donors (Lipinski definition) is 1. The summed E-state index contributed by atoms with van der Waals surface area (Å²) >= 11 is 0. The molecule has 0 aliphatic heterocycles. The molecule has 0 atom stereocenters. The summed E-state index contributed by atoms with van der Waals surface area (Å²) in [6, 6.07) is 8.35. The predicted octanol–water partition coefficient (Wildman–Crippen LogP) is 4.71. The van der Waals surface area contributed by atoms with Gasteiger partial charge in [-0.25, -0.2) is 9.67 Å². The van der Waals surface area contributed by atoms with Gasteiger partial charge in [0, 0.05) is 18.3 Å². The van der Waals surface area contributed by atoms with Crippen molar-refractivity contribution in [2.75, 3.05) is 6.54 Å². The van der Waals surface area contributed by atoms with Crippen molar-refractivity contribution in [3.8, 4) is 5.75 Å². The lowest BCUT2D eigenvalue weighted by Gasteiger charge is -2.12. The van der Waals surface area contributed by atoms with Gasteiger partial charge in [-0.1, -0.05) is 26.0 Å². The summed E-state index contributed by atoms with van der Waals surface area (Å²) in [6.07, 6.45) is 2.25. The Balaban J connectivity index is 1.73. The Hall–Kier alpha value is -3.03. The van der Waals surface area contributed by atoms with Crippen LogP contribution >= 0.6 is 0 Å². The average Bonchev–Trinajstić information content (AvgIpc) is 3.12. The molecule has 1 aromatic carbocycles. The number of nitrogens with one attached hydrogen (secondary N) is 1. The second kappa shape index (κ2) is 9.19. The normalized spacial score (nSPS) is 11.6. The molecule has 8 heteroatoms. The lowest BCUT2D eigenvalue weighted by atomic mass is 10.0. The number of carbonyl (C=O) groups excluding carboxylic acids is 1. The zero-order valence-corrected chi connectivity index (χ0v) is 17.5. The number of benzene rings is 1. The third-order valence-electron chi connectivity index (χ3n) is 4.76. The van der Waals surface area contributed by atoms with Crippen LogP contribution in [0.15, 0.2) is 36.5 Å². The van der Waals surface area contributed by atoms with Crippen molar-refractivity contribution in [2.45, 2.75) is 52.7 Å². The van der Waals surface area contributed by atoms with Crippen molar-refractivity contribution in [1.29, 1.82) is 0 Å². The molecular formula is C22H26F2N4O2. The Labute approximate surface area is 174 Å². The first kappa shape index (κ1) is 21.7. The maximum atomic E-state index is 12.9. The molecule has 0 unspecified atom stereocenters. The quantitative estimate of drug-likeness (QED) is 0.577. The van der Waals surface area contributed by atoms with Crippen LogP contribution in [0.1, 0.15) is 61.3 Å². The van der Waals surface area contributed by atoms with Crippen LogP contribution in [0, 0.1) is 0 Å². The minimum Gasteiger partial charge on any atom is -0.435 e. The van der Waals surface area contributed by atoms with Crippen LogP contribution in [0.25, 0.3) is 11.0 Å². The van der Waals surface area contributed by atoms with E-state index in [9.17, 15) is 13.6 Å². The van der Waals surface area contributed by atoms with Crippen molar-refractivity contribution in [3.05, 3.63) is 53.3 Å². The molecule has 3 rings (SSSR count). The van der Waals surface area contributed by atoms with E-state index in [0.29, 0.717) is 24.2 Å². The van der Waals surface area contributed by atoms with Crippen LogP contribution in [-0.2, 0) is 6.42 Å². The fourth-order valence-corrected chi connectivity index (χ4v) is 3.15. The van der Waals surface area contributed by atoms with Gasteiger partial charge >= 0.3 is 6.61 Å². The molecule has 1 N–H and O–H groups in total. The molecular weight excluding hydrogens is 390 g/mol. The molecule has 0 spiro atoms. The molecule has 6 nitrogen and oxygen atoms in total. The highest BCUT2D eigenvalue weighted by molar-refractivity contribution is 6.05. The third-order valence-corrected chi connectivity index (χ3v) is 4.76. The van der Waals surface area contributed by atoms with Crippen molar-refractivity contribution < 1.29 is 18.3 Å². The first-order valence-corrected chi connectivity index (χ1v) is 9.96. The Bertz CT molecular complexity index is 1010. The molecule has 0 saturated carbocycles. The number of alkyl halides is 2. The second-order valence-electron chi connectivity index (χ2n) is 7.70. The minimum atomic E-state index is -2.84. The number of aromatic nitrogens is 3. The van der Waals surface area contributed by atoms with Gasteiger partial charge in [0.25, 0.3) is 5.91 Å². The molecule has 0 radical (unpaired) electrons. The first-order valence-electron chi connectivity index (χ1n) is 9.96. The monoisotopic (exact) mass is 416 g/mol. The molecule has 0 bridgehead atoms. The number of rotatable bonds is 8. The summed E-state index contributed by atoms with van der Waals surface area (Å²) in [5.74, 6) is 0.0936. The number of hydrogen-bond acceptors (Lipinski definition) is 4. The summed E-state index contributed by atoms with van der Waals surface area (Å²) < 4.78 is 30.6. The topological polar surface area (TPSA) is 69.0 Å². The molecule has 0 aliphatic rings. The van der Waals surface area contributed by atoms with Gasteiger partial charge in [-0.05, 0) is 49.9 Å². The van der Waals surface area contributed by atoms with E-state index in [-0.39, 0.29) is 23.6 Å². The van der Waals surface area contributed by atoms with Crippen LogP contribution in [0.2, 0.25) is 0 Å². The van der Waals surface area contributed by atoms with E-state index < -0.39 is 6.61 Å². The first-order chi connectivity index (χ1) is 14.3. The van der Waals surface area contributed by atoms with Gasteiger partial charge in [0.2, 0.25) is 0 Å². The highest BCUT2D eigenvalue weighted by atomic mass is 19.3. The number of fused-ring (bicyclic) bond motifs is 1. The number of amides is 1. The zero-order chi connectivity index (χ0) is 21.8. The summed E-state index contributed by atoms with van der Waals surface area (Å²) in [5, 5.41) is 8.06. The lowest BCUT2D eigenvalue weighted by molar-refractivity contribution is -0.0498. The van der Waals surface area contributed by atoms with Crippen LogP contribution in [0.4, 0.5) is 8.78 Å². The van der Waals surface area contributed by atoms with Crippen LogP contribution in [0.5, 0.6) is 5.75 Å². The van der Waals surface area contributed by atoms with E-state index in [0.717, 1.165) is 16.6 Å². The standard InChI is InChI=1S/C22H26F2N4O2/c1-13(2)19-11-17(18-12-26-28(14(3)4)20(18)27-19)21(29)25-10-9-15-5-7-16(8-6-15)30-22(23)24/h5-8,11-14,22H,9-10H2,1-4H3,(H,25,29). The third kappa shape index (κ3) is 4.93. The van der Waals surface area contributed by atoms with Crippen molar-refractivity contribution >= 4 is 16.9 Å². The lowest BCUT2D eigenvalue weighted by Crippen LogP contribution is -2.26. The Morgan fingerprint density at radius 3 is 2.47 bits per heavy atom. The van der Waals surface area contributed by atoms with E-state index in [1.54, 1.807) is 18.3 Å². The highest BCUT2D eigenvalue weighted by Gasteiger charge is 2.18. The number of carbonyl (C=O) groups is 1. The van der Waals surface area contributed by atoms with Gasteiger partial charge in [-0.2, -0.15) is 13.9 Å². The van der Waals surface area contributed by atoms with E-state index in [2.05, 4.69) is 15.2 Å². The molecule has 160 valence electrons. The van der Waals surface area contributed by atoms with E-state index in [1.165, 1.54) is 12.1 Å². The summed E-state index contributed by atoms with van der Waals surface area (Å²) in [6.45, 7) is 5.68. The Kier molecular flexibility index (Phi) is 6.64. The van der Waals surface area contributed by atoms with Crippen molar-refractivity contribution in [3.63, 3.8) is 0 Å². The molecule has 0 aliphatic carbocycles. The molecule has 2 aromatic heterocycles.